The van der Waals surface area contributed by atoms with Gasteiger partial charge >= 0.3 is 0 Å². The van der Waals surface area contributed by atoms with Gasteiger partial charge in [0.05, 0.1) is 12.6 Å². The van der Waals surface area contributed by atoms with E-state index in [4.69, 9.17) is 5.11 Å². The monoisotopic (exact) mass is 355 g/mol. The van der Waals surface area contributed by atoms with Gasteiger partial charge in [0.1, 0.15) is 0 Å². The number of rotatable bonds is 3. The van der Waals surface area contributed by atoms with Crippen molar-refractivity contribution in [3.05, 3.63) is 31.8 Å². The van der Waals surface area contributed by atoms with E-state index in [1.165, 1.54) is 3.57 Å². The minimum Gasteiger partial charge on any atom is -0.394 e. The molecule has 1 rings (SSSR count). The van der Waals surface area contributed by atoms with Crippen LogP contribution in [-0.2, 0) is 0 Å². The Hall–Kier alpha value is 0.350. The number of aliphatic hydroxyl groups is 1. The zero-order valence-corrected chi connectivity index (χ0v) is 11.0. The number of aliphatic hydroxyl groups excluding tert-OH is 1. The number of halogens is 2. The summed E-state index contributed by atoms with van der Waals surface area (Å²) in [5, 5.41) is 12.2. The first kappa shape index (κ1) is 11.4. The predicted molar refractivity (Wildman–Crippen MR) is 65.7 cm³/mol. The quantitative estimate of drug-likeness (QED) is 0.815. The van der Waals surface area contributed by atoms with E-state index in [1.807, 2.05) is 19.2 Å². The second-order valence-corrected chi connectivity index (χ2v) is 4.79. The summed E-state index contributed by atoms with van der Waals surface area (Å²) in [5.74, 6) is 0. The Morgan fingerprint density at radius 2 is 2.31 bits per heavy atom. The molecule has 0 saturated carbocycles. The van der Waals surface area contributed by atoms with Gasteiger partial charge in [-0.05, 0) is 53.4 Å². The maximum Gasteiger partial charge on any atom is 0.0626 e. The summed E-state index contributed by atoms with van der Waals surface area (Å²) < 4.78 is 2.20. The second-order valence-electron chi connectivity index (χ2n) is 2.69. The van der Waals surface area contributed by atoms with Crippen molar-refractivity contribution in [1.29, 1.82) is 0 Å². The lowest BCUT2D eigenvalue weighted by molar-refractivity contribution is 0.250. The SMILES string of the molecule is CNC(CO)c1cc(I)ccc1Br. The number of benzene rings is 1. The van der Waals surface area contributed by atoms with Crippen LogP contribution >= 0.6 is 38.5 Å². The molecule has 0 aliphatic heterocycles. The molecule has 2 nitrogen and oxygen atoms in total. The highest BCUT2D eigenvalue weighted by atomic mass is 127. The van der Waals surface area contributed by atoms with Gasteiger partial charge < -0.3 is 10.4 Å². The topological polar surface area (TPSA) is 32.3 Å². The molecular weight excluding hydrogens is 345 g/mol. The molecule has 0 fully saturated rings. The fraction of sp³-hybridized carbons (Fsp3) is 0.333. The third-order valence-electron chi connectivity index (χ3n) is 1.86. The van der Waals surface area contributed by atoms with Crippen LogP contribution in [0.4, 0.5) is 0 Å². The molecule has 0 aromatic heterocycles. The van der Waals surface area contributed by atoms with E-state index in [2.05, 4.69) is 49.9 Å². The van der Waals surface area contributed by atoms with Crippen molar-refractivity contribution in [2.45, 2.75) is 6.04 Å². The van der Waals surface area contributed by atoms with Crippen molar-refractivity contribution < 1.29 is 5.11 Å². The summed E-state index contributed by atoms with van der Waals surface area (Å²) in [4.78, 5) is 0. The molecule has 1 aromatic carbocycles. The van der Waals surface area contributed by atoms with E-state index in [1.54, 1.807) is 0 Å². The van der Waals surface area contributed by atoms with Crippen molar-refractivity contribution in [3.8, 4) is 0 Å². The molecule has 72 valence electrons. The maximum atomic E-state index is 9.11. The predicted octanol–water partition coefficient (Wildman–Crippen LogP) is 2.31. The maximum absolute atomic E-state index is 9.11. The molecule has 0 spiro atoms. The van der Waals surface area contributed by atoms with Crippen LogP contribution in [0.3, 0.4) is 0 Å². The summed E-state index contributed by atoms with van der Waals surface area (Å²) >= 11 is 5.72. The normalized spacial score (nSPS) is 12.9. The lowest BCUT2D eigenvalue weighted by Crippen LogP contribution is -2.20. The first-order valence-electron chi connectivity index (χ1n) is 3.92. The molecule has 1 aromatic rings. The average Bonchev–Trinajstić information content (AvgIpc) is 2.13. The third-order valence-corrected chi connectivity index (χ3v) is 3.26. The first-order chi connectivity index (χ1) is 6.19. The van der Waals surface area contributed by atoms with Crippen LogP contribution in [0.25, 0.3) is 0 Å². The summed E-state index contributed by atoms with van der Waals surface area (Å²) in [6, 6.07) is 6.08. The lowest BCUT2D eigenvalue weighted by atomic mass is 10.1. The van der Waals surface area contributed by atoms with E-state index in [-0.39, 0.29) is 12.6 Å². The van der Waals surface area contributed by atoms with Crippen LogP contribution in [0.5, 0.6) is 0 Å². The number of hydrogen-bond acceptors (Lipinski definition) is 2. The Bertz CT molecular complexity index is 289. The Morgan fingerprint density at radius 1 is 1.62 bits per heavy atom. The Balaban J connectivity index is 3.03. The molecule has 1 unspecified atom stereocenters. The van der Waals surface area contributed by atoms with Gasteiger partial charge in [-0.2, -0.15) is 0 Å². The van der Waals surface area contributed by atoms with E-state index in [9.17, 15) is 0 Å². The van der Waals surface area contributed by atoms with Gasteiger partial charge in [0.2, 0.25) is 0 Å². The van der Waals surface area contributed by atoms with Gasteiger partial charge in [-0.1, -0.05) is 15.9 Å². The van der Waals surface area contributed by atoms with Crippen molar-refractivity contribution in [3.63, 3.8) is 0 Å². The van der Waals surface area contributed by atoms with E-state index < -0.39 is 0 Å². The van der Waals surface area contributed by atoms with Crippen molar-refractivity contribution in [2.75, 3.05) is 13.7 Å². The average molecular weight is 356 g/mol. The zero-order valence-electron chi connectivity index (χ0n) is 7.22. The highest BCUT2D eigenvalue weighted by Crippen LogP contribution is 2.24. The van der Waals surface area contributed by atoms with Crippen LogP contribution in [0.1, 0.15) is 11.6 Å². The summed E-state index contributed by atoms with van der Waals surface area (Å²) in [6.45, 7) is 0.106. The second kappa shape index (κ2) is 5.29. The number of hydrogen-bond donors (Lipinski definition) is 2. The molecule has 0 saturated heterocycles. The molecule has 0 heterocycles. The zero-order chi connectivity index (χ0) is 9.84. The van der Waals surface area contributed by atoms with Crippen molar-refractivity contribution in [1.82, 2.24) is 5.32 Å². The standard InChI is InChI=1S/C9H11BrINO/c1-12-9(5-13)7-4-6(11)2-3-8(7)10/h2-4,9,12-13H,5H2,1H3. The van der Waals surface area contributed by atoms with Crippen molar-refractivity contribution >= 4 is 38.5 Å². The first-order valence-corrected chi connectivity index (χ1v) is 5.79. The molecule has 0 aliphatic rings. The molecule has 13 heavy (non-hydrogen) atoms. The molecule has 0 aliphatic carbocycles. The van der Waals surface area contributed by atoms with Crippen molar-refractivity contribution in [2.24, 2.45) is 0 Å². The van der Waals surface area contributed by atoms with Gasteiger partial charge in [0, 0.05) is 8.04 Å². The fourth-order valence-electron chi connectivity index (χ4n) is 1.13. The van der Waals surface area contributed by atoms with E-state index >= 15 is 0 Å². The van der Waals surface area contributed by atoms with E-state index in [0.29, 0.717) is 0 Å². The Kier molecular flexibility index (Phi) is 4.64. The molecule has 4 heteroatoms. The smallest absolute Gasteiger partial charge is 0.0626 e. The molecule has 1 atom stereocenters. The number of likely N-dealkylation sites (N-methyl/N-ethyl adjacent to an activating group) is 1. The summed E-state index contributed by atoms with van der Waals surface area (Å²) in [6.07, 6.45) is 0. The minimum atomic E-state index is 0.00379. The van der Waals surface area contributed by atoms with Gasteiger partial charge in [-0.15, -0.1) is 0 Å². The highest BCUT2D eigenvalue weighted by Gasteiger charge is 2.11. The van der Waals surface area contributed by atoms with Crippen LogP contribution in [-0.4, -0.2) is 18.8 Å². The molecule has 0 bridgehead atoms. The Morgan fingerprint density at radius 3 is 2.85 bits per heavy atom. The van der Waals surface area contributed by atoms with Crippen LogP contribution < -0.4 is 5.32 Å². The molecule has 2 N–H and O–H groups in total. The van der Waals surface area contributed by atoms with Gasteiger partial charge in [-0.25, -0.2) is 0 Å². The highest BCUT2D eigenvalue weighted by molar-refractivity contribution is 14.1. The Labute approximate surface area is 100.0 Å². The largest absolute Gasteiger partial charge is 0.394 e. The fourth-order valence-corrected chi connectivity index (χ4v) is 2.17. The lowest BCUT2D eigenvalue weighted by Gasteiger charge is -2.15. The summed E-state index contributed by atoms with van der Waals surface area (Å²) in [5.41, 5.74) is 1.09. The van der Waals surface area contributed by atoms with Crippen LogP contribution in [0.2, 0.25) is 0 Å². The number of nitrogens with one attached hydrogen (secondary N) is 1. The van der Waals surface area contributed by atoms with Gasteiger partial charge in [-0.3, -0.25) is 0 Å². The molecule has 0 amide bonds. The van der Waals surface area contributed by atoms with E-state index in [0.717, 1.165) is 10.0 Å². The van der Waals surface area contributed by atoms with Crippen LogP contribution in [0, 0.1) is 3.57 Å². The van der Waals surface area contributed by atoms with Gasteiger partial charge in [0.25, 0.3) is 0 Å². The van der Waals surface area contributed by atoms with Crippen LogP contribution in [0.15, 0.2) is 22.7 Å². The molecule has 0 radical (unpaired) electrons. The minimum absolute atomic E-state index is 0.00379. The van der Waals surface area contributed by atoms with Gasteiger partial charge in [0.15, 0.2) is 0 Å². The third kappa shape index (κ3) is 2.90. The summed E-state index contributed by atoms with van der Waals surface area (Å²) in [7, 11) is 1.84. The molecular formula is C9H11BrINO.